The zero-order chi connectivity index (χ0) is 18.5. The lowest BCUT2D eigenvalue weighted by atomic mass is 10.1. The van der Waals surface area contributed by atoms with Crippen LogP contribution in [0.4, 0.5) is 10.5 Å². The van der Waals surface area contributed by atoms with Gasteiger partial charge in [0.15, 0.2) is 0 Å². The SMILES string of the molecule is N#Cc1cccc(-n2ccc(=S)c(Cc3cccc(NC(=O)O)c3)n2)c1. The number of carbonyl (C=O) groups is 1. The van der Waals surface area contributed by atoms with Crippen LogP contribution in [0.3, 0.4) is 0 Å². The minimum atomic E-state index is -1.11. The van der Waals surface area contributed by atoms with E-state index in [9.17, 15) is 4.79 Å². The topological polar surface area (TPSA) is 90.9 Å². The van der Waals surface area contributed by atoms with E-state index in [4.69, 9.17) is 22.6 Å². The number of nitrogens with zero attached hydrogens (tertiary/aromatic N) is 3. The molecule has 2 aromatic carbocycles. The van der Waals surface area contributed by atoms with E-state index in [0.29, 0.717) is 27.9 Å². The van der Waals surface area contributed by atoms with E-state index in [1.807, 2.05) is 12.1 Å². The Morgan fingerprint density at radius 1 is 1.23 bits per heavy atom. The molecule has 6 nitrogen and oxygen atoms in total. The van der Waals surface area contributed by atoms with Gasteiger partial charge in [0.2, 0.25) is 0 Å². The molecule has 0 aliphatic heterocycles. The Labute approximate surface area is 155 Å². The van der Waals surface area contributed by atoms with E-state index in [1.54, 1.807) is 53.3 Å². The number of rotatable bonds is 4. The third kappa shape index (κ3) is 4.12. The van der Waals surface area contributed by atoms with E-state index in [1.165, 1.54) is 0 Å². The number of hydrogen-bond acceptors (Lipinski definition) is 4. The molecule has 0 aliphatic rings. The highest BCUT2D eigenvalue weighted by Crippen LogP contribution is 2.16. The van der Waals surface area contributed by atoms with Gasteiger partial charge in [-0.2, -0.15) is 10.4 Å². The maximum absolute atomic E-state index is 10.8. The fourth-order valence-electron chi connectivity index (χ4n) is 2.51. The zero-order valence-electron chi connectivity index (χ0n) is 13.6. The summed E-state index contributed by atoms with van der Waals surface area (Å²) in [5.41, 5.74) is 3.39. The van der Waals surface area contributed by atoms with Gasteiger partial charge in [0.05, 0.1) is 27.5 Å². The van der Waals surface area contributed by atoms with Crippen LogP contribution in [0.2, 0.25) is 0 Å². The van der Waals surface area contributed by atoms with Crippen LogP contribution in [-0.4, -0.2) is 21.0 Å². The molecule has 0 bridgehead atoms. The Bertz CT molecular complexity index is 1070. The van der Waals surface area contributed by atoms with E-state index >= 15 is 0 Å². The third-order valence-electron chi connectivity index (χ3n) is 3.67. The Hall–Kier alpha value is -3.50. The number of amides is 1. The molecule has 2 N–H and O–H groups in total. The predicted molar refractivity (Wildman–Crippen MR) is 100 cm³/mol. The minimum absolute atomic E-state index is 0.465. The van der Waals surface area contributed by atoms with Gasteiger partial charge in [0.1, 0.15) is 0 Å². The highest BCUT2D eigenvalue weighted by molar-refractivity contribution is 7.71. The van der Waals surface area contributed by atoms with Crippen molar-refractivity contribution in [3.63, 3.8) is 0 Å². The Morgan fingerprint density at radius 3 is 2.81 bits per heavy atom. The van der Waals surface area contributed by atoms with Gasteiger partial charge < -0.3 is 5.11 Å². The second kappa shape index (κ2) is 7.59. The van der Waals surface area contributed by atoms with Crippen LogP contribution in [0, 0.1) is 15.8 Å². The summed E-state index contributed by atoms with van der Waals surface area (Å²) in [6.07, 6.45) is 1.11. The van der Waals surface area contributed by atoms with E-state index < -0.39 is 6.09 Å². The van der Waals surface area contributed by atoms with Gasteiger partial charge >= 0.3 is 6.09 Å². The molecule has 1 aromatic heterocycles. The Balaban J connectivity index is 1.92. The van der Waals surface area contributed by atoms with Gasteiger partial charge in [-0.1, -0.05) is 30.4 Å². The summed E-state index contributed by atoms with van der Waals surface area (Å²) in [4.78, 5) is 10.8. The first-order chi connectivity index (χ1) is 12.5. The largest absolute Gasteiger partial charge is 0.465 e. The minimum Gasteiger partial charge on any atom is -0.465 e. The van der Waals surface area contributed by atoms with Crippen molar-refractivity contribution in [3.05, 3.63) is 82.1 Å². The Morgan fingerprint density at radius 2 is 2.04 bits per heavy atom. The van der Waals surface area contributed by atoms with Crippen LogP contribution in [0.1, 0.15) is 16.8 Å². The van der Waals surface area contributed by atoms with Crippen LogP contribution in [0.5, 0.6) is 0 Å². The smallest absolute Gasteiger partial charge is 0.409 e. The van der Waals surface area contributed by atoms with Crippen molar-refractivity contribution >= 4 is 24.0 Å². The number of nitrogens with one attached hydrogen (secondary N) is 1. The van der Waals surface area contributed by atoms with Crippen molar-refractivity contribution in [1.29, 1.82) is 5.26 Å². The first kappa shape index (κ1) is 17.3. The van der Waals surface area contributed by atoms with Gasteiger partial charge in [-0.05, 0) is 42.0 Å². The fourth-order valence-corrected chi connectivity index (χ4v) is 2.68. The summed E-state index contributed by atoms with van der Waals surface area (Å²) >= 11 is 5.37. The molecule has 0 spiro atoms. The second-order valence-electron chi connectivity index (χ2n) is 5.54. The molecular formula is C19H14N4O2S. The average molecular weight is 362 g/mol. The van der Waals surface area contributed by atoms with Crippen LogP contribution < -0.4 is 5.32 Å². The standard InChI is InChI=1S/C19H14N4O2S/c20-12-14-4-2-6-16(10-14)23-8-7-18(26)17(22-23)11-13-3-1-5-15(9-13)21-19(24)25/h1-10,21H,11H2,(H,24,25). The van der Waals surface area contributed by atoms with Crippen molar-refractivity contribution in [2.24, 2.45) is 0 Å². The highest BCUT2D eigenvalue weighted by atomic mass is 32.1. The molecule has 1 heterocycles. The van der Waals surface area contributed by atoms with Crippen LogP contribution in [0.25, 0.3) is 5.69 Å². The number of aromatic nitrogens is 2. The summed E-state index contributed by atoms with van der Waals surface area (Å²) in [5.74, 6) is 0. The summed E-state index contributed by atoms with van der Waals surface area (Å²) in [6, 6.07) is 18.1. The van der Waals surface area contributed by atoms with Gasteiger partial charge in [-0.25, -0.2) is 9.48 Å². The number of anilines is 1. The van der Waals surface area contributed by atoms with E-state index in [0.717, 1.165) is 11.3 Å². The maximum atomic E-state index is 10.8. The average Bonchev–Trinajstić information content (AvgIpc) is 2.63. The van der Waals surface area contributed by atoms with Gasteiger partial charge in [0, 0.05) is 18.3 Å². The third-order valence-corrected chi connectivity index (χ3v) is 4.04. The lowest BCUT2D eigenvalue weighted by molar-refractivity contribution is 0.210. The molecule has 0 unspecified atom stereocenters. The van der Waals surface area contributed by atoms with Crippen molar-refractivity contribution in [2.75, 3.05) is 5.32 Å². The molecule has 1 amide bonds. The van der Waals surface area contributed by atoms with Crippen molar-refractivity contribution in [1.82, 2.24) is 9.78 Å². The van der Waals surface area contributed by atoms with Crippen LogP contribution in [0.15, 0.2) is 60.8 Å². The van der Waals surface area contributed by atoms with Crippen LogP contribution in [-0.2, 0) is 6.42 Å². The quantitative estimate of drug-likeness (QED) is 0.680. The molecule has 0 radical (unpaired) electrons. The van der Waals surface area contributed by atoms with Crippen LogP contribution >= 0.6 is 12.2 Å². The number of hydrogen-bond donors (Lipinski definition) is 2. The monoisotopic (exact) mass is 362 g/mol. The fraction of sp³-hybridized carbons (Fsp3) is 0.0526. The van der Waals surface area contributed by atoms with Crippen molar-refractivity contribution in [3.8, 4) is 11.8 Å². The normalized spacial score (nSPS) is 10.1. The maximum Gasteiger partial charge on any atom is 0.409 e. The molecule has 0 saturated carbocycles. The van der Waals surface area contributed by atoms with Gasteiger partial charge in [-0.15, -0.1) is 0 Å². The van der Waals surface area contributed by atoms with Gasteiger partial charge in [-0.3, -0.25) is 5.32 Å². The Kier molecular flexibility index (Phi) is 5.06. The second-order valence-corrected chi connectivity index (χ2v) is 5.98. The molecular weight excluding hydrogens is 348 g/mol. The molecule has 3 rings (SSSR count). The molecule has 26 heavy (non-hydrogen) atoms. The summed E-state index contributed by atoms with van der Waals surface area (Å²) < 4.78 is 2.29. The molecule has 0 saturated heterocycles. The summed E-state index contributed by atoms with van der Waals surface area (Å²) in [6.45, 7) is 0. The molecule has 0 aliphatic carbocycles. The molecule has 128 valence electrons. The zero-order valence-corrected chi connectivity index (χ0v) is 14.4. The lowest BCUT2D eigenvalue weighted by Gasteiger charge is -2.09. The summed E-state index contributed by atoms with van der Waals surface area (Å²) in [5, 5.41) is 24.8. The molecule has 7 heteroatoms. The number of carboxylic acid groups (broad SMARTS) is 1. The first-order valence-corrected chi connectivity index (χ1v) is 8.14. The van der Waals surface area contributed by atoms with Gasteiger partial charge in [0.25, 0.3) is 0 Å². The first-order valence-electron chi connectivity index (χ1n) is 7.73. The molecule has 3 aromatic rings. The molecule has 0 atom stereocenters. The molecule has 0 fully saturated rings. The van der Waals surface area contributed by atoms with Crippen molar-refractivity contribution < 1.29 is 9.90 Å². The van der Waals surface area contributed by atoms with Crippen molar-refractivity contribution in [2.45, 2.75) is 6.42 Å². The van der Waals surface area contributed by atoms with E-state index in [-0.39, 0.29) is 0 Å². The van der Waals surface area contributed by atoms with E-state index in [2.05, 4.69) is 16.5 Å². The summed E-state index contributed by atoms with van der Waals surface area (Å²) in [7, 11) is 0. The highest BCUT2D eigenvalue weighted by Gasteiger charge is 2.06. The number of benzene rings is 2. The predicted octanol–water partition coefficient (Wildman–Crippen LogP) is 4.15. The lowest BCUT2D eigenvalue weighted by Crippen LogP contribution is -2.08. The number of nitriles is 1.